The number of piperidine rings is 2. The molecule has 2 aliphatic heterocycles. The van der Waals surface area contributed by atoms with E-state index in [2.05, 4.69) is 46.6 Å². The van der Waals surface area contributed by atoms with Crippen molar-refractivity contribution in [3.8, 4) is 0 Å². The minimum atomic E-state index is 0.396. The average Bonchev–Trinajstić information content (AvgIpc) is 3.14. The van der Waals surface area contributed by atoms with Gasteiger partial charge in [-0.2, -0.15) is 0 Å². The van der Waals surface area contributed by atoms with E-state index in [9.17, 15) is 4.79 Å². The average molecular weight is 355 g/mol. The molecule has 1 N–H and O–H groups in total. The van der Waals surface area contributed by atoms with Crippen LogP contribution >= 0.6 is 11.3 Å². The first kappa shape index (κ1) is 16.8. The third kappa shape index (κ3) is 3.51. The lowest BCUT2D eigenvalue weighted by atomic mass is 9.95. The predicted molar refractivity (Wildman–Crippen MR) is 105 cm³/mol. The zero-order valence-electron chi connectivity index (χ0n) is 14.6. The standard InChI is InChI=1S/C21H26N2OS/c24-15-18-14-20(17-9-11-22-12-10-17)25-21(18)23-13-5-4-8-19(23)16-6-2-1-3-7-16/h1-3,6-7,14-15,17,19,22H,4-5,8-13H2. The van der Waals surface area contributed by atoms with Gasteiger partial charge in [-0.25, -0.2) is 0 Å². The van der Waals surface area contributed by atoms with E-state index in [4.69, 9.17) is 0 Å². The molecule has 0 bridgehead atoms. The molecule has 2 aromatic rings. The summed E-state index contributed by atoms with van der Waals surface area (Å²) in [5, 5.41) is 4.63. The quantitative estimate of drug-likeness (QED) is 0.804. The molecular weight excluding hydrogens is 328 g/mol. The van der Waals surface area contributed by atoms with Crippen molar-refractivity contribution in [2.75, 3.05) is 24.5 Å². The highest BCUT2D eigenvalue weighted by atomic mass is 32.1. The maximum atomic E-state index is 11.8. The molecule has 132 valence electrons. The molecule has 3 heterocycles. The normalized spacial score (nSPS) is 22.1. The number of nitrogens with zero attached hydrogens (tertiary/aromatic N) is 1. The molecule has 1 aromatic heterocycles. The van der Waals surface area contributed by atoms with Gasteiger partial charge >= 0.3 is 0 Å². The number of rotatable bonds is 4. The highest BCUT2D eigenvalue weighted by molar-refractivity contribution is 7.16. The fourth-order valence-corrected chi connectivity index (χ4v) is 5.60. The Morgan fingerprint density at radius 2 is 1.88 bits per heavy atom. The van der Waals surface area contributed by atoms with E-state index in [1.165, 1.54) is 47.5 Å². The lowest BCUT2D eigenvalue weighted by Gasteiger charge is -2.37. The highest BCUT2D eigenvalue weighted by Crippen LogP contribution is 2.43. The van der Waals surface area contributed by atoms with Gasteiger partial charge in [0.15, 0.2) is 6.29 Å². The Bertz CT molecular complexity index is 706. The smallest absolute Gasteiger partial charge is 0.153 e. The number of nitrogens with one attached hydrogen (secondary N) is 1. The Labute approximate surface area is 154 Å². The van der Waals surface area contributed by atoms with Gasteiger partial charge in [-0.15, -0.1) is 11.3 Å². The number of hydrogen-bond donors (Lipinski definition) is 1. The molecule has 1 atom stereocenters. The van der Waals surface area contributed by atoms with Crippen LogP contribution in [0.2, 0.25) is 0 Å². The molecule has 1 unspecified atom stereocenters. The van der Waals surface area contributed by atoms with Gasteiger partial charge in [-0.1, -0.05) is 30.3 Å². The van der Waals surface area contributed by atoms with E-state index in [0.717, 1.165) is 31.5 Å². The summed E-state index contributed by atoms with van der Waals surface area (Å²) in [6.45, 7) is 3.22. The monoisotopic (exact) mass is 354 g/mol. The molecule has 0 amide bonds. The first-order valence-corrected chi connectivity index (χ1v) is 10.3. The first-order valence-electron chi connectivity index (χ1n) is 9.48. The number of carbonyl (C=O) groups excluding carboxylic acids is 1. The largest absolute Gasteiger partial charge is 0.356 e. The number of aldehydes is 1. The van der Waals surface area contributed by atoms with Crippen molar-refractivity contribution in [1.29, 1.82) is 0 Å². The third-order valence-corrected chi connectivity index (χ3v) is 6.93. The maximum Gasteiger partial charge on any atom is 0.153 e. The second-order valence-electron chi connectivity index (χ2n) is 7.17. The van der Waals surface area contributed by atoms with Crippen molar-refractivity contribution in [3.63, 3.8) is 0 Å². The highest BCUT2D eigenvalue weighted by Gasteiger charge is 2.28. The third-order valence-electron chi connectivity index (χ3n) is 5.58. The van der Waals surface area contributed by atoms with E-state index in [0.29, 0.717) is 12.0 Å². The summed E-state index contributed by atoms with van der Waals surface area (Å²) in [6, 6.07) is 13.3. The first-order chi connectivity index (χ1) is 12.4. The van der Waals surface area contributed by atoms with Crippen molar-refractivity contribution in [2.24, 2.45) is 0 Å². The Morgan fingerprint density at radius 1 is 1.08 bits per heavy atom. The Balaban J connectivity index is 1.66. The van der Waals surface area contributed by atoms with Crippen LogP contribution in [-0.2, 0) is 0 Å². The van der Waals surface area contributed by atoms with Crippen LogP contribution < -0.4 is 10.2 Å². The minimum Gasteiger partial charge on any atom is -0.356 e. The molecule has 0 aliphatic carbocycles. The molecule has 3 nitrogen and oxygen atoms in total. The van der Waals surface area contributed by atoms with E-state index in [-0.39, 0.29) is 0 Å². The van der Waals surface area contributed by atoms with Crippen LogP contribution in [-0.4, -0.2) is 25.9 Å². The number of benzene rings is 1. The molecule has 25 heavy (non-hydrogen) atoms. The summed E-state index contributed by atoms with van der Waals surface area (Å²) >= 11 is 1.86. The SMILES string of the molecule is O=Cc1cc(C2CCNCC2)sc1N1CCCCC1c1ccccc1. The molecule has 0 spiro atoms. The fraction of sp³-hybridized carbons (Fsp3) is 0.476. The summed E-state index contributed by atoms with van der Waals surface area (Å²) in [4.78, 5) is 15.7. The molecule has 2 aliphatic rings. The molecule has 1 aromatic carbocycles. The van der Waals surface area contributed by atoms with Gasteiger partial charge < -0.3 is 10.2 Å². The molecule has 4 heteroatoms. The van der Waals surface area contributed by atoms with Gasteiger partial charge in [0.1, 0.15) is 5.00 Å². The van der Waals surface area contributed by atoms with Crippen LogP contribution in [0.25, 0.3) is 0 Å². The summed E-state index contributed by atoms with van der Waals surface area (Å²) in [5.74, 6) is 0.610. The lowest BCUT2D eigenvalue weighted by molar-refractivity contribution is 0.112. The van der Waals surface area contributed by atoms with Crippen LogP contribution in [0.5, 0.6) is 0 Å². The van der Waals surface area contributed by atoms with Gasteiger partial charge in [0, 0.05) is 17.0 Å². The van der Waals surface area contributed by atoms with Gasteiger partial charge in [-0.3, -0.25) is 4.79 Å². The Kier molecular flexibility index (Phi) is 5.18. The van der Waals surface area contributed by atoms with Crippen molar-refractivity contribution < 1.29 is 4.79 Å². The number of anilines is 1. The molecule has 0 saturated carbocycles. The Morgan fingerprint density at radius 3 is 2.64 bits per heavy atom. The molecular formula is C21H26N2OS. The number of thiophene rings is 1. The Hall–Kier alpha value is -1.65. The van der Waals surface area contributed by atoms with Crippen molar-refractivity contribution in [2.45, 2.75) is 44.1 Å². The molecule has 2 fully saturated rings. The number of hydrogen-bond acceptors (Lipinski definition) is 4. The summed E-state index contributed by atoms with van der Waals surface area (Å²) in [5.41, 5.74) is 2.26. The predicted octanol–water partition coefficient (Wildman–Crippen LogP) is 4.76. The van der Waals surface area contributed by atoms with Crippen LogP contribution in [0.4, 0.5) is 5.00 Å². The van der Waals surface area contributed by atoms with Crippen LogP contribution in [0, 0.1) is 0 Å². The van der Waals surface area contributed by atoms with Crippen molar-refractivity contribution in [3.05, 3.63) is 52.4 Å². The number of carbonyl (C=O) groups is 1. The van der Waals surface area contributed by atoms with E-state index < -0.39 is 0 Å². The molecule has 4 rings (SSSR count). The summed E-state index contributed by atoms with van der Waals surface area (Å²) in [7, 11) is 0. The van der Waals surface area contributed by atoms with Gasteiger partial charge in [0.25, 0.3) is 0 Å². The van der Waals surface area contributed by atoms with E-state index in [1.807, 2.05) is 11.3 Å². The fourth-order valence-electron chi connectivity index (χ4n) is 4.23. The lowest BCUT2D eigenvalue weighted by Crippen LogP contribution is -2.33. The topological polar surface area (TPSA) is 32.3 Å². The van der Waals surface area contributed by atoms with Crippen molar-refractivity contribution >= 4 is 22.6 Å². The zero-order chi connectivity index (χ0) is 17.1. The van der Waals surface area contributed by atoms with Crippen LogP contribution in [0.15, 0.2) is 36.4 Å². The zero-order valence-corrected chi connectivity index (χ0v) is 15.4. The van der Waals surface area contributed by atoms with E-state index in [1.54, 1.807) is 0 Å². The minimum absolute atomic E-state index is 0.396. The summed E-state index contributed by atoms with van der Waals surface area (Å²) in [6.07, 6.45) is 7.07. The van der Waals surface area contributed by atoms with Gasteiger partial charge in [0.2, 0.25) is 0 Å². The van der Waals surface area contributed by atoms with Crippen LogP contribution in [0.1, 0.15) is 64.9 Å². The maximum absolute atomic E-state index is 11.8. The summed E-state index contributed by atoms with van der Waals surface area (Å²) < 4.78 is 0. The second-order valence-corrected chi connectivity index (χ2v) is 8.23. The van der Waals surface area contributed by atoms with E-state index >= 15 is 0 Å². The molecule has 2 saturated heterocycles. The van der Waals surface area contributed by atoms with Crippen molar-refractivity contribution in [1.82, 2.24) is 5.32 Å². The van der Waals surface area contributed by atoms with Gasteiger partial charge in [0.05, 0.1) is 6.04 Å². The van der Waals surface area contributed by atoms with Gasteiger partial charge in [-0.05, 0) is 62.7 Å². The van der Waals surface area contributed by atoms with Crippen LogP contribution in [0.3, 0.4) is 0 Å². The molecule has 0 radical (unpaired) electrons. The second kappa shape index (κ2) is 7.71.